The number of unbranched alkanes of at least 4 members (excludes halogenated alkanes) is 1. The Morgan fingerprint density at radius 1 is 1.07 bits per heavy atom. The van der Waals surface area contributed by atoms with E-state index in [0.29, 0.717) is 13.0 Å². The highest BCUT2D eigenvalue weighted by molar-refractivity contribution is 5.86. The molecule has 0 aliphatic carbocycles. The van der Waals surface area contributed by atoms with E-state index in [0.717, 1.165) is 36.9 Å². The quantitative estimate of drug-likeness (QED) is 0.547. The molecule has 0 saturated heterocycles. The van der Waals surface area contributed by atoms with Gasteiger partial charge in [-0.2, -0.15) is 0 Å². The molecule has 0 spiro atoms. The number of aromatic amines is 1. The van der Waals surface area contributed by atoms with Crippen molar-refractivity contribution in [2.45, 2.75) is 39.0 Å². The molecule has 0 saturated carbocycles. The van der Waals surface area contributed by atoms with Gasteiger partial charge >= 0.3 is 0 Å². The summed E-state index contributed by atoms with van der Waals surface area (Å²) < 4.78 is 5.17. The number of benzene rings is 2. The fourth-order valence-electron chi connectivity index (χ4n) is 3.48. The van der Waals surface area contributed by atoms with Crippen LogP contribution in [-0.4, -0.2) is 24.5 Å². The molecule has 1 amide bonds. The molecular weight excluding hydrogens is 336 g/mol. The number of rotatable bonds is 9. The third-order valence-corrected chi connectivity index (χ3v) is 4.99. The fraction of sp³-hybridized carbons (Fsp3) is 0.348. The van der Waals surface area contributed by atoms with Gasteiger partial charge in [-0.15, -0.1) is 0 Å². The lowest BCUT2D eigenvalue weighted by molar-refractivity contribution is -0.121. The van der Waals surface area contributed by atoms with Crippen LogP contribution in [0.1, 0.15) is 36.0 Å². The van der Waals surface area contributed by atoms with Crippen LogP contribution in [0.3, 0.4) is 0 Å². The van der Waals surface area contributed by atoms with Gasteiger partial charge in [0, 0.05) is 30.1 Å². The maximum absolute atomic E-state index is 12.1. The lowest BCUT2D eigenvalue weighted by Gasteiger charge is -2.06. The minimum absolute atomic E-state index is 0.140. The van der Waals surface area contributed by atoms with Crippen molar-refractivity contribution in [2.24, 2.45) is 0 Å². The lowest BCUT2D eigenvalue weighted by Crippen LogP contribution is -2.25. The molecule has 27 heavy (non-hydrogen) atoms. The van der Waals surface area contributed by atoms with Crippen molar-refractivity contribution < 1.29 is 9.53 Å². The average molecular weight is 364 g/mol. The first-order valence-electron chi connectivity index (χ1n) is 9.62. The summed E-state index contributed by atoms with van der Waals surface area (Å²) >= 11 is 0. The van der Waals surface area contributed by atoms with Gasteiger partial charge in [0.15, 0.2) is 0 Å². The number of aryl methyl sites for hydroxylation is 2. The lowest BCUT2D eigenvalue weighted by atomic mass is 10.1. The molecule has 2 N–H and O–H groups in total. The third-order valence-electron chi connectivity index (χ3n) is 4.99. The number of carbonyl (C=O) groups excluding carboxylic acids is 1. The van der Waals surface area contributed by atoms with Gasteiger partial charge in [0.1, 0.15) is 5.75 Å². The Labute approximate surface area is 160 Å². The van der Waals surface area contributed by atoms with Crippen LogP contribution in [0.15, 0.2) is 48.7 Å². The number of hydrogen-bond donors (Lipinski definition) is 2. The van der Waals surface area contributed by atoms with Crippen LogP contribution in [0.25, 0.3) is 10.9 Å². The molecule has 3 rings (SSSR count). The summed E-state index contributed by atoms with van der Waals surface area (Å²) in [5, 5.41) is 4.33. The summed E-state index contributed by atoms with van der Waals surface area (Å²) in [5.41, 5.74) is 4.98. The van der Waals surface area contributed by atoms with Gasteiger partial charge < -0.3 is 15.0 Å². The van der Waals surface area contributed by atoms with Crippen molar-refractivity contribution in [1.82, 2.24) is 10.3 Å². The van der Waals surface area contributed by atoms with Crippen LogP contribution in [0.4, 0.5) is 0 Å². The highest BCUT2D eigenvalue weighted by atomic mass is 16.5. The van der Waals surface area contributed by atoms with Crippen molar-refractivity contribution in [1.29, 1.82) is 0 Å². The van der Waals surface area contributed by atoms with Gasteiger partial charge in [-0.1, -0.05) is 24.3 Å². The second-order valence-electron chi connectivity index (χ2n) is 6.97. The number of hydrogen-bond acceptors (Lipinski definition) is 2. The number of amides is 1. The third kappa shape index (κ3) is 5.13. The van der Waals surface area contributed by atoms with Crippen LogP contribution in [0.2, 0.25) is 0 Å². The standard InChI is InChI=1S/C23H28N2O2/c1-17-6-5-8-21-23(17)19(16-25-21)14-15-24-22(26)9-4-3-7-18-10-12-20(27-2)13-11-18/h5-6,8,10-13,16,25H,3-4,7,9,14-15H2,1-2H3,(H,24,26). The zero-order chi connectivity index (χ0) is 19.1. The number of nitrogens with one attached hydrogen (secondary N) is 2. The molecule has 4 heteroatoms. The van der Waals surface area contributed by atoms with E-state index in [9.17, 15) is 4.79 Å². The second kappa shape index (κ2) is 9.26. The SMILES string of the molecule is COc1ccc(CCCCC(=O)NCCc2c[nH]c3cccc(C)c23)cc1. The van der Waals surface area contributed by atoms with E-state index >= 15 is 0 Å². The van der Waals surface area contributed by atoms with Crippen molar-refractivity contribution in [3.05, 3.63) is 65.4 Å². The number of carbonyl (C=O) groups is 1. The van der Waals surface area contributed by atoms with Gasteiger partial charge in [0.25, 0.3) is 0 Å². The van der Waals surface area contributed by atoms with Crippen molar-refractivity contribution in [3.63, 3.8) is 0 Å². The Morgan fingerprint density at radius 2 is 1.89 bits per heavy atom. The summed E-state index contributed by atoms with van der Waals surface area (Å²) in [6.07, 6.45) is 6.40. The number of fused-ring (bicyclic) bond motifs is 1. The van der Waals surface area contributed by atoms with Gasteiger partial charge in [0.05, 0.1) is 7.11 Å². The zero-order valence-electron chi connectivity index (χ0n) is 16.2. The minimum Gasteiger partial charge on any atom is -0.497 e. The summed E-state index contributed by atoms with van der Waals surface area (Å²) in [5.74, 6) is 1.02. The van der Waals surface area contributed by atoms with E-state index in [-0.39, 0.29) is 5.91 Å². The fourth-order valence-corrected chi connectivity index (χ4v) is 3.48. The van der Waals surface area contributed by atoms with Crippen molar-refractivity contribution >= 4 is 16.8 Å². The smallest absolute Gasteiger partial charge is 0.220 e. The molecule has 0 aliphatic rings. The normalized spacial score (nSPS) is 10.9. The van der Waals surface area contributed by atoms with Crippen LogP contribution < -0.4 is 10.1 Å². The maximum atomic E-state index is 12.1. The molecule has 142 valence electrons. The zero-order valence-corrected chi connectivity index (χ0v) is 16.2. The molecule has 0 atom stereocenters. The molecule has 0 bridgehead atoms. The minimum atomic E-state index is 0.140. The van der Waals surface area contributed by atoms with Gasteiger partial charge in [-0.3, -0.25) is 4.79 Å². The Kier molecular flexibility index (Phi) is 6.53. The van der Waals surface area contributed by atoms with E-state index in [1.54, 1.807) is 7.11 Å². The molecule has 1 aromatic heterocycles. The maximum Gasteiger partial charge on any atom is 0.220 e. The van der Waals surface area contributed by atoms with Crippen LogP contribution in [0.5, 0.6) is 5.75 Å². The number of methoxy groups -OCH3 is 1. The largest absolute Gasteiger partial charge is 0.497 e. The van der Waals surface area contributed by atoms with Gasteiger partial charge in [-0.05, 0) is 67.5 Å². The molecule has 0 radical (unpaired) electrons. The first-order valence-corrected chi connectivity index (χ1v) is 9.62. The molecule has 0 fully saturated rings. The van der Waals surface area contributed by atoms with Crippen molar-refractivity contribution in [2.75, 3.05) is 13.7 Å². The molecule has 0 aliphatic heterocycles. The molecule has 1 heterocycles. The first kappa shape index (κ1) is 19.0. The van der Waals surface area contributed by atoms with Crippen LogP contribution in [-0.2, 0) is 17.6 Å². The number of ether oxygens (including phenoxy) is 1. The molecule has 3 aromatic rings. The number of aromatic nitrogens is 1. The summed E-state index contributed by atoms with van der Waals surface area (Å²) in [6, 6.07) is 14.4. The highest BCUT2D eigenvalue weighted by Gasteiger charge is 2.07. The highest BCUT2D eigenvalue weighted by Crippen LogP contribution is 2.22. The second-order valence-corrected chi connectivity index (χ2v) is 6.97. The van der Waals surface area contributed by atoms with Crippen LogP contribution in [0, 0.1) is 6.92 Å². The summed E-state index contributed by atoms with van der Waals surface area (Å²) in [4.78, 5) is 15.4. The van der Waals surface area contributed by atoms with Gasteiger partial charge in [-0.25, -0.2) is 0 Å². The Balaban J connectivity index is 1.36. The Hall–Kier alpha value is -2.75. The monoisotopic (exact) mass is 364 g/mol. The Morgan fingerprint density at radius 3 is 2.67 bits per heavy atom. The topological polar surface area (TPSA) is 54.1 Å². The summed E-state index contributed by atoms with van der Waals surface area (Å²) in [7, 11) is 1.67. The van der Waals surface area contributed by atoms with Crippen molar-refractivity contribution in [3.8, 4) is 5.75 Å². The molecule has 2 aromatic carbocycles. The first-order chi connectivity index (χ1) is 13.2. The molecule has 4 nitrogen and oxygen atoms in total. The average Bonchev–Trinajstić information content (AvgIpc) is 3.10. The van der Waals surface area contributed by atoms with E-state index in [1.165, 1.54) is 22.1 Å². The predicted octanol–water partition coefficient (Wildman–Crippen LogP) is 4.56. The van der Waals surface area contributed by atoms with Crippen LogP contribution >= 0.6 is 0 Å². The molecule has 0 unspecified atom stereocenters. The van der Waals surface area contributed by atoms with Gasteiger partial charge in [0.2, 0.25) is 5.91 Å². The predicted molar refractivity (Wildman–Crippen MR) is 110 cm³/mol. The van der Waals surface area contributed by atoms with E-state index in [4.69, 9.17) is 4.74 Å². The molecular formula is C23H28N2O2. The van der Waals surface area contributed by atoms with E-state index in [1.807, 2.05) is 12.1 Å². The van der Waals surface area contributed by atoms with E-state index in [2.05, 4.69) is 53.8 Å². The van der Waals surface area contributed by atoms with E-state index < -0.39 is 0 Å². The number of H-pyrrole nitrogens is 1. The Bertz CT molecular complexity index is 881. The summed E-state index contributed by atoms with van der Waals surface area (Å²) in [6.45, 7) is 2.81.